The summed E-state index contributed by atoms with van der Waals surface area (Å²) in [5.41, 5.74) is 3.16. The fourth-order valence-corrected chi connectivity index (χ4v) is 4.22. The number of nitrogens with one attached hydrogen (secondary N) is 1. The van der Waals surface area contributed by atoms with E-state index in [4.69, 9.17) is 0 Å². The number of anilines is 1. The minimum atomic E-state index is 0.377. The van der Waals surface area contributed by atoms with Crippen molar-refractivity contribution >= 4 is 5.69 Å². The van der Waals surface area contributed by atoms with Crippen molar-refractivity contribution in [2.45, 2.75) is 57.9 Å². The Kier molecular flexibility index (Phi) is 4.48. The van der Waals surface area contributed by atoms with Crippen molar-refractivity contribution in [1.29, 1.82) is 0 Å². The van der Waals surface area contributed by atoms with Crippen molar-refractivity contribution in [3.63, 3.8) is 0 Å². The summed E-state index contributed by atoms with van der Waals surface area (Å²) in [6.07, 6.45) is 11.8. The zero-order valence-corrected chi connectivity index (χ0v) is 13.6. The quantitative estimate of drug-likeness (QED) is 0.910. The average Bonchev–Trinajstić information content (AvgIpc) is 2.98. The topological polar surface area (TPSA) is 28.2 Å². The summed E-state index contributed by atoms with van der Waals surface area (Å²) in [6, 6.07) is 4.83. The fraction of sp³-hybridized carbons (Fsp3) is 0.722. The monoisotopic (exact) mass is 287 g/mol. The molecule has 0 amide bonds. The first-order valence-electron chi connectivity index (χ1n) is 8.64. The third-order valence-corrected chi connectivity index (χ3v) is 5.74. The van der Waals surface area contributed by atoms with Crippen LogP contribution in [0, 0.1) is 5.41 Å². The Hall–Kier alpha value is -1.09. The molecule has 1 saturated heterocycles. The first-order valence-corrected chi connectivity index (χ1v) is 8.64. The molecule has 1 aliphatic carbocycles. The van der Waals surface area contributed by atoms with E-state index in [0.29, 0.717) is 11.5 Å². The van der Waals surface area contributed by atoms with E-state index in [2.05, 4.69) is 40.5 Å². The van der Waals surface area contributed by atoms with Crippen molar-refractivity contribution in [3.05, 3.63) is 24.0 Å². The number of hydrogen-bond acceptors (Lipinski definition) is 3. The third-order valence-electron chi connectivity index (χ3n) is 5.74. The molecule has 1 aliphatic heterocycles. The van der Waals surface area contributed by atoms with Gasteiger partial charge in [-0.25, -0.2) is 0 Å². The number of nitrogens with zero attached hydrogens (tertiary/aromatic N) is 2. The van der Waals surface area contributed by atoms with Gasteiger partial charge in [-0.1, -0.05) is 19.8 Å². The molecule has 21 heavy (non-hydrogen) atoms. The van der Waals surface area contributed by atoms with Gasteiger partial charge in [-0.15, -0.1) is 0 Å². The van der Waals surface area contributed by atoms with E-state index in [9.17, 15) is 0 Å². The second-order valence-electron chi connectivity index (χ2n) is 6.88. The second-order valence-corrected chi connectivity index (χ2v) is 6.88. The van der Waals surface area contributed by atoms with Gasteiger partial charge in [0.15, 0.2) is 0 Å². The number of rotatable bonds is 4. The van der Waals surface area contributed by atoms with Crippen LogP contribution in [0.3, 0.4) is 0 Å². The molecule has 3 heteroatoms. The van der Waals surface area contributed by atoms with E-state index in [1.807, 2.05) is 7.05 Å². The molecule has 2 heterocycles. The third kappa shape index (κ3) is 3.08. The van der Waals surface area contributed by atoms with Crippen LogP contribution >= 0.6 is 0 Å². The number of aromatic nitrogens is 1. The molecule has 0 aromatic carbocycles. The molecular formula is C18H29N3. The lowest BCUT2D eigenvalue weighted by Crippen LogP contribution is -2.38. The van der Waals surface area contributed by atoms with Gasteiger partial charge in [-0.2, -0.15) is 0 Å². The Morgan fingerprint density at radius 1 is 1.19 bits per heavy atom. The second kappa shape index (κ2) is 6.35. The minimum Gasteiger partial charge on any atom is -0.370 e. The zero-order valence-electron chi connectivity index (χ0n) is 13.6. The van der Waals surface area contributed by atoms with Gasteiger partial charge in [0, 0.05) is 19.1 Å². The molecule has 2 aliphatic rings. The molecule has 116 valence electrons. The molecule has 1 aromatic rings. The summed E-state index contributed by atoms with van der Waals surface area (Å²) in [5, 5.41) is 3.32. The summed E-state index contributed by atoms with van der Waals surface area (Å²) in [4.78, 5) is 7.21. The molecule has 1 atom stereocenters. The normalized spacial score (nSPS) is 22.7. The largest absolute Gasteiger partial charge is 0.370 e. The molecule has 3 rings (SSSR count). The molecule has 0 bridgehead atoms. The van der Waals surface area contributed by atoms with E-state index < -0.39 is 0 Å². The van der Waals surface area contributed by atoms with E-state index in [-0.39, 0.29) is 0 Å². The van der Waals surface area contributed by atoms with Crippen LogP contribution < -0.4 is 10.2 Å². The predicted octanol–water partition coefficient (Wildman–Crippen LogP) is 3.91. The van der Waals surface area contributed by atoms with Gasteiger partial charge in [0.05, 0.1) is 17.6 Å². The molecule has 1 saturated carbocycles. The molecule has 3 nitrogen and oxygen atoms in total. The van der Waals surface area contributed by atoms with Gasteiger partial charge in [0.2, 0.25) is 0 Å². The standard InChI is InChI=1S/C18H29N3/c1-3-16(19-2)17-7-6-15(14-20-17)21-12-10-18(11-13-21)8-4-5-9-18/h6-7,14,16,19H,3-5,8-13H2,1-2H3. The number of hydrogen-bond donors (Lipinski definition) is 1. The maximum absolute atomic E-state index is 4.68. The summed E-state index contributed by atoms with van der Waals surface area (Å²) in [6.45, 7) is 4.62. The maximum atomic E-state index is 4.68. The van der Waals surface area contributed by atoms with E-state index in [1.54, 1.807) is 0 Å². The van der Waals surface area contributed by atoms with Crippen LogP contribution in [0.4, 0.5) is 5.69 Å². The molecule has 1 unspecified atom stereocenters. The van der Waals surface area contributed by atoms with Crippen LogP contribution in [0.2, 0.25) is 0 Å². The first kappa shape index (κ1) is 14.8. The van der Waals surface area contributed by atoms with E-state index >= 15 is 0 Å². The fourth-order valence-electron chi connectivity index (χ4n) is 4.22. The molecule has 1 spiro atoms. The zero-order chi connectivity index (χ0) is 14.7. The van der Waals surface area contributed by atoms with Crippen molar-refractivity contribution < 1.29 is 0 Å². The van der Waals surface area contributed by atoms with Gasteiger partial charge in [-0.05, 0) is 56.7 Å². The minimum absolute atomic E-state index is 0.377. The summed E-state index contributed by atoms with van der Waals surface area (Å²) in [7, 11) is 2.01. The highest BCUT2D eigenvalue weighted by Gasteiger charge is 2.36. The Bertz CT molecular complexity index is 434. The van der Waals surface area contributed by atoms with Gasteiger partial charge >= 0.3 is 0 Å². The molecule has 1 N–H and O–H groups in total. The number of pyridine rings is 1. The predicted molar refractivity (Wildman–Crippen MR) is 88.7 cm³/mol. The van der Waals surface area contributed by atoms with Gasteiger partial charge in [0.1, 0.15) is 0 Å². The van der Waals surface area contributed by atoms with Gasteiger partial charge in [0.25, 0.3) is 0 Å². The number of piperidine rings is 1. The highest BCUT2D eigenvalue weighted by atomic mass is 15.1. The summed E-state index contributed by atoms with van der Waals surface area (Å²) < 4.78 is 0. The SMILES string of the molecule is CCC(NC)c1ccc(N2CCC3(CCCC3)CC2)cn1. The van der Waals surface area contributed by atoms with Crippen LogP contribution in [0.1, 0.15) is 63.6 Å². The van der Waals surface area contributed by atoms with Gasteiger partial charge in [-0.3, -0.25) is 4.98 Å². The van der Waals surface area contributed by atoms with E-state index in [0.717, 1.165) is 12.1 Å². The maximum Gasteiger partial charge on any atom is 0.0574 e. The Labute approximate surface area is 129 Å². The Morgan fingerprint density at radius 2 is 1.90 bits per heavy atom. The van der Waals surface area contributed by atoms with Crippen LogP contribution in [0.5, 0.6) is 0 Å². The van der Waals surface area contributed by atoms with Gasteiger partial charge < -0.3 is 10.2 Å². The molecule has 2 fully saturated rings. The first-order chi connectivity index (χ1) is 10.3. The summed E-state index contributed by atoms with van der Waals surface area (Å²) >= 11 is 0. The van der Waals surface area contributed by atoms with E-state index in [1.165, 1.54) is 57.3 Å². The highest BCUT2D eigenvalue weighted by Crippen LogP contribution is 2.46. The molecule has 1 aromatic heterocycles. The lowest BCUT2D eigenvalue weighted by atomic mass is 9.77. The lowest BCUT2D eigenvalue weighted by Gasteiger charge is -2.40. The lowest BCUT2D eigenvalue weighted by molar-refractivity contribution is 0.226. The average molecular weight is 287 g/mol. The van der Waals surface area contributed by atoms with Crippen molar-refractivity contribution in [2.24, 2.45) is 5.41 Å². The van der Waals surface area contributed by atoms with Crippen molar-refractivity contribution in [3.8, 4) is 0 Å². The van der Waals surface area contributed by atoms with Crippen LogP contribution in [-0.2, 0) is 0 Å². The van der Waals surface area contributed by atoms with Crippen molar-refractivity contribution in [1.82, 2.24) is 10.3 Å². The summed E-state index contributed by atoms with van der Waals surface area (Å²) in [5.74, 6) is 0. The van der Waals surface area contributed by atoms with Crippen LogP contribution in [-0.4, -0.2) is 25.1 Å². The molecule has 0 radical (unpaired) electrons. The molecular weight excluding hydrogens is 258 g/mol. The Balaban J connectivity index is 1.63. The van der Waals surface area contributed by atoms with Crippen LogP contribution in [0.15, 0.2) is 18.3 Å². The Morgan fingerprint density at radius 3 is 2.43 bits per heavy atom. The highest BCUT2D eigenvalue weighted by molar-refractivity contribution is 5.45. The van der Waals surface area contributed by atoms with Crippen molar-refractivity contribution in [2.75, 3.05) is 25.0 Å². The van der Waals surface area contributed by atoms with Crippen LogP contribution in [0.25, 0.3) is 0 Å². The smallest absolute Gasteiger partial charge is 0.0574 e.